The third kappa shape index (κ3) is 4.09. The van der Waals surface area contributed by atoms with E-state index in [4.69, 9.17) is 0 Å². The minimum atomic E-state index is -0.918. The molecule has 1 rings (SSSR count). The van der Waals surface area contributed by atoms with E-state index in [1.54, 1.807) is 6.92 Å². The molecule has 2 N–H and O–H groups in total. The van der Waals surface area contributed by atoms with Gasteiger partial charge in [0.1, 0.15) is 0 Å². The van der Waals surface area contributed by atoms with E-state index in [2.05, 4.69) is 5.32 Å². The van der Waals surface area contributed by atoms with Gasteiger partial charge in [-0.25, -0.2) is 0 Å². The predicted molar refractivity (Wildman–Crippen MR) is 73.6 cm³/mol. The van der Waals surface area contributed by atoms with Crippen LogP contribution in [0.1, 0.15) is 38.8 Å². The average Bonchev–Trinajstić information content (AvgIpc) is 2.43. The van der Waals surface area contributed by atoms with Gasteiger partial charge in [0, 0.05) is 5.92 Å². The molecule has 3 atom stereocenters. The lowest BCUT2D eigenvalue weighted by atomic mass is 9.93. The van der Waals surface area contributed by atoms with E-state index < -0.39 is 17.9 Å². The van der Waals surface area contributed by atoms with Crippen LogP contribution in [0.25, 0.3) is 0 Å². The molecule has 0 aliphatic rings. The second kappa shape index (κ2) is 6.92. The first kappa shape index (κ1) is 15.2. The first-order valence-electron chi connectivity index (χ1n) is 6.55. The monoisotopic (exact) mass is 263 g/mol. The molecule has 1 aromatic carbocycles. The van der Waals surface area contributed by atoms with Crippen LogP contribution >= 0.6 is 0 Å². The van der Waals surface area contributed by atoms with Crippen molar-refractivity contribution in [1.29, 1.82) is 0 Å². The number of aliphatic carboxylic acids is 1. The van der Waals surface area contributed by atoms with E-state index in [1.165, 1.54) is 0 Å². The Labute approximate surface area is 113 Å². The molecule has 4 nitrogen and oxygen atoms in total. The normalized spacial score (nSPS) is 15.3. The number of rotatable bonds is 6. The number of nitrogens with one attached hydrogen (secondary N) is 1. The van der Waals surface area contributed by atoms with E-state index >= 15 is 0 Å². The maximum Gasteiger partial charge on any atom is 0.308 e. The average molecular weight is 263 g/mol. The van der Waals surface area contributed by atoms with Gasteiger partial charge in [-0.15, -0.1) is 0 Å². The number of hydrogen-bond acceptors (Lipinski definition) is 2. The maximum absolute atomic E-state index is 12.0. The van der Waals surface area contributed by atoms with E-state index in [1.807, 2.05) is 44.2 Å². The topological polar surface area (TPSA) is 66.4 Å². The Morgan fingerprint density at radius 1 is 1.21 bits per heavy atom. The summed E-state index contributed by atoms with van der Waals surface area (Å²) in [6.45, 7) is 5.38. The van der Waals surface area contributed by atoms with E-state index in [9.17, 15) is 14.7 Å². The molecule has 0 saturated carbocycles. The molecule has 0 heterocycles. The minimum absolute atomic E-state index is 0.107. The fourth-order valence-corrected chi connectivity index (χ4v) is 1.78. The van der Waals surface area contributed by atoms with Crippen molar-refractivity contribution < 1.29 is 14.7 Å². The number of carbonyl (C=O) groups is 2. The predicted octanol–water partition coefficient (Wildman–Crippen LogP) is 2.61. The van der Waals surface area contributed by atoms with Gasteiger partial charge in [0.2, 0.25) is 5.91 Å². The standard InChI is InChI=1S/C15H21NO3/c1-4-10(2)14(17)16-13(11(3)15(18)19)12-8-6-5-7-9-12/h5-11,13H,4H2,1-3H3,(H,16,17)(H,18,19). The fraction of sp³-hybridized carbons (Fsp3) is 0.467. The van der Waals surface area contributed by atoms with Crippen LogP contribution in [-0.4, -0.2) is 17.0 Å². The molecule has 0 aliphatic carbocycles. The van der Waals surface area contributed by atoms with Crippen LogP contribution in [-0.2, 0) is 9.59 Å². The van der Waals surface area contributed by atoms with E-state index in [0.717, 1.165) is 12.0 Å². The molecule has 0 bridgehead atoms. The van der Waals surface area contributed by atoms with Crippen LogP contribution in [0.2, 0.25) is 0 Å². The Balaban J connectivity index is 2.94. The van der Waals surface area contributed by atoms with Crippen LogP contribution in [0.5, 0.6) is 0 Å². The first-order chi connectivity index (χ1) is 8.97. The van der Waals surface area contributed by atoms with Crippen LogP contribution in [0, 0.1) is 11.8 Å². The molecular formula is C15H21NO3. The molecule has 19 heavy (non-hydrogen) atoms. The molecular weight excluding hydrogens is 242 g/mol. The molecule has 1 amide bonds. The van der Waals surface area contributed by atoms with Gasteiger partial charge in [-0.05, 0) is 18.9 Å². The Morgan fingerprint density at radius 3 is 2.26 bits per heavy atom. The Morgan fingerprint density at radius 2 is 1.79 bits per heavy atom. The van der Waals surface area contributed by atoms with Crippen LogP contribution in [0.15, 0.2) is 30.3 Å². The first-order valence-corrected chi connectivity index (χ1v) is 6.55. The lowest BCUT2D eigenvalue weighted by Crippen LogP contribution is -2.38. The quantitative estimate of drug-likeness (QED) is 0.829. The second-order valence-corrected chi connectivity index (χ2v) is 4.83. The lowest BCUT2D eigenvalue weighted by molar-refractivity contribution is -0.142. The lowest BCUT2D eigenvalue weighted by Gasteiger charge is -2.24. The molecule has 0 aliphatic heterocycles. The summed E-state index contributed by atoms with van der Waals surface area (Å²) in [4.78, 5) is 23.2. The highest BCUT2D eigenvalue weighted by atomic mass is 16.4. The van der Waals surface area contributed by atoms with Gasteiger partial charge < -0.3 is 10.4 Å². The molecule has 104 valence electrons. The highest BCUT2D eigenvalue weighted by molar-refractivity contribution is 5.80. The van der Waals surface area contributed by atoms with Crippen LogP contribution in [0.4, 0.5) is 0 Å². The summed E-state index contributed by atoms with van der Waals surface area (Å²) in [7, 11) is 0. The zero-order chi connectivity index (χ0) is 14.4. The minimum Gasteiger partial charge on any atom is -0.481 e. The van der Waals surface area contributed by atoms with Crippen molar-refractivity contribution in [2.75, 3.05) is 0 Å². The van der Waals surface area contributed by atoms with Crippen molar-refractivity contribution in [1.82, 2.24) is 5.32 Å². The molecule has 0 spiro atoms. The smallest absolute Gasteiger partial charge is 0.308 e. The molecule has 0 fully saturated rings. The zero-order valence-electron chi connectivity index (χ0n) is 11.6. The van der Waals surface area contributed by atoms with E-state index in [0.29, 0.717) is 0 Å². The van der Waals surface area contributed by atoms with Crippen molar-refractivity contribution in [3.63, 3.8) is 0 Å². The van der Waals surface area contributed by atoms with Crippen molar-refractivity contribution in [3.05, 3.63) is 35.9 Å². The van der Waals surface area contributed by atoms with Gasteiger partial charge >= 0.3 is 5.97 Å². The van der Waals surface area contributed by atoms with Gasteiger partial charge in [0.25, 0.3) is 0 Å². The Hall–Kier alpha value is -1.84. The highest BCUT2D eigenvalue weighted by Gasteiger charge is 2.27. The second-order valence-electron chi connectivity index (χ2n) is 4.83. The number of benzene rings is 1. The van der Waals surface area contributed by atoms with Crippen molar-refractivity contribution in [2.24, 2.45) is 11.8 Å². The van der Waals surface area contributed by atoms with E-state index in [-0.39, 0.29) is 11.8 Å². The number of carboxylic acids is 1. The maximum atomic E-state index is 12.0. The summed E-state index contributed by atoms with van der Waals surface area (Å²) in [5.74, 6) is -1.81. The summed E-state index contributed by atoms with van der Waals surface area (Å²) < 4.78 is 0. The summed E-state index contributed by atoms with van der Waals surface area (Å²) >= 11 is 0. The Kier molecular flexibility index (Phi) is 5.55. The molecule has 4 heteroatoms. The largest absolute Gasteiger partial charge is 0.481 e. The SMILES string of the molecule is CCC(C)C(=O)NC(c1ccccc1)C(C)C(=O)O. The molecule has 0 radical (unpaired) electrons. The van der Waals surface area contributed by atoms with Gasteiger partial charge in [-0.1, -0.05) is 44.2 Å². The number of carbonyl (C=O) groups excluding carboxylic acids is 1. The molecule has 1 aromatic rings. The molecule has 3 unspecified atom stereocenters. The fourth-order valence-electron chi connectivity index (χ4n) is 1.78. The summed E-state index contributed by atoms with van der Waals surface area (Å²) in [6, 6.07) is 8.71. The highest BCUT2D eigenvalue weighted by Crippen LogP contribution is 2.22. The number of hydrogen-bond donors (Lipinski definition) is 2. The molecule has 0 aromatic heterocycles. The summed E-state index contributed by atoms with van der Waals surface area (Å²) in [5, 5.41) is 12.0. The number of amides is 1. The van der Waals surface area contributed by atoms with Gasteiger partial charge in [-0.3, -0.25) is 9.59 Å². The van der Waals surface area contributed by atoms with Crippen molar-refractivity contribution >= 4 is 11.9 Å². The van der Waals surface area contributed by atoms with Crippen LogP contribution in [0.3, 0.4) is 0 Å². The van der Waals surface area contributed by atoms with Crippen molar-refractivity contribution in [2.45, 2.75) is 33.2 Å². The third-order valence-electron chi connectivity index (χ3n) is 3.41. The Bertz CT molecular complexity index is 430. The zero-order valence-corrected chi connectivity index (χ0v) is 11.6. The number of carboxylic acid groups (broad SMARTS) is 1. The van der Waals surface area contributed by atoms with Crippen molar-refractivity contribution in [3.8, 4) is 0 Å². The summed E-state index contributed by atoms with van der Waals surface area (Å²) in [6.07, 6.45) is 0.731. The van der Waals surface area contributed by atoms with Crippen LogP contribution < -0.4 is 5.32 Å². The third-order valence-corrected chi connectivity index (χ3v) is 3.41. The van der Waals surface area contributed by atoms with Gasteiger partial charge in [0.15, 0.2) is 0 Å². The summed E-state index contributed by atoms with van der Waals surface area (Å²) in [5.41, 5.74) is 0.814. The van der Waals surface area contributed by atoms with Gasteiger partial charge in [0.05, 0.1) is 12.0 Å². The molecule has 0 saturated heterocycles. The van der Waals surface area contributed by atoms with Gasteiger partial charge in [-0.2, -0.15) is 0 Å².